The molecule has 1 aromatic heterocycles. The Morgan fingerprint density at radius 1 is 1.19 bits per heavy atom. The van der Waals surface area contributed by atoms with E-state index in [0.29, 0.717) is 0 Å². The maximum absolute atomic E-state index is 12.7. The van der Waals surface area contributed by atoms with Crippen LogP contribution in [0.25, 0.3) is 0 Å². The molecule has 1 aromatic rings. The highest BCUT2D eigenvalue weighted by atomic mass is 79.9. The summed E-state index contributed by atoms with van der Waals surface area (Å²) in [5, 5.41) is 0. The minimum Gasteiger partial charge on any atom is -0.452 e. The average molecular weight is 330 g/mol. The Hall–Kier alpha value is -0.340. The Morgan fingerprint density at radius 2 is 1.69 bits per heavy atom. The largest absolute Gasteiger partial charge is 0.455 e. The lowest BCUT2D eigenvalue weighted by molar-refractivity contribution is -0.292. The van der Waals surface area contributed by atoms with E-state index in [2.05, 4.69) is 20.3 Å². The van der Waals surface area contributed by atoms with Gasteiger partial charge in [-0.25, -0.2) is 0 Å². The highest BCUT2D eigenvalue weighted by Gasteiger charge is 2.62. The number of rotatable bonds is 2. The van der Waals surface area contributed by atoms with Crippen LogP contribution in [-0.4, -0.2) is 12.1 Å². The minimum absolute atomic E-state index is 0. The predicted molar refractivity (Wildman–Crippen MR) is 51.6 cm³/mol. The Morgan fingerprint density at radius 3 is 2.00 bits per heavy atom. The van der Waals surface area contributed by atoms with Crippen LogP contribution in [0.5, 0.6) is 0 Å². The summed E-state index contributed by atoms with van der Waals surface area (Å²) < 4.78 is 65.6. The smallest absolute Gasteiger partial charge is 0.452 e. The molecule has 0 fully saturated rings. The van der Waals surface area contributed by atoms with E-state index in [4.69, 9.17) is 5.73 Å². The number of halogens is 7. The van der Waals surface area contributed by atoms with Gasteiger partial charge in [-0.05, 0) is 28.1 Å². The summed E-state index contributed by atoms with van der Waals surface area (Å²) in [6.45, 7) is 0. The molecule has 0 bridgehead atoms. The molecule has 16 heavy (non-hydrogen) atoms. The van der Waals surface area contributed by atoms with Crippen LogP contribution < -0.4 is 5.73 Å². The first-order chi connectivity index (χ1) is 6.66. The van der Waals surface area contributed by atoms with Crippen molar-refractivity contribution in [3.8, 4) is 0 Å². The third-order valence-electron chi connectivity index (χ3n) is 1.67. The first kappa shape index (κ1) is 15.7. The van der Waals surface area contributed by atoms with E-state index in [9.17, 15) is 22.0 Å². The second-order valence-electron chi connectivity index (χ2n) is 2.74. The third-order valence-corrected chi connectivity index (χ3v) is 2.10. The number of hydrogen-bond donors (Lipinski definition) is 1. The molecule has 0 aliphatic carbocycles. The van der Waals surface area contributed by atoms with Gasteiger partial charge < -0.3 is 10.2 Å². The van der Waals surface area contributed by atoms with Gasteiger partial charge in [-0.2, -0.15) is 22.0 Å². The molecular weight excluding hydrogens is 324 g/mol. The molecule has 0 saturated heterocycles. The normalized spacial score (nSPS) is 14.4. The highest BCUT2D eigenvalue weighted by molar-refractivity contribution is 9.10. The molecule has 1 atom stereocenters. The molecule has 1 rings (SSSR count). The van der Waals surface area contributed by atoms with Crippen molar-refractivity contribution in [2.24, 2.45) is 5.73 Å². The number of alkyl halides is 5. The first-order valence-corrected chi connectivity index (χ1v) is 4.41. The summed E-state index contributed by atoms with van der Waals surface area (Å²) >= 11 is 2.77. The van der Waals surface area contributed by atoms with Gasteiger partial charge >= 0.3 is 12.1 Å². The van der Waals surface area contributed by atoms with Crippen LogP contribution in [0, 0.1) is 0 Å². The molecular formula is C7H6BrClF5NO. The SMILES string of the molecule is Cl.N[C@H](c1ccc(Br)o1)C(F)(F)C(F)(F)F. The van der Waals surface area contributed by atoms with Crippen molar-refractivity contribution >= 4 is 28.3 Å². The summed E-state index contributed by atoms with van der Waals surface area (Å²) in [5.41, 5.74) is 4.79. The lowest BCUT2D eigenvalue weighted by Gasteiger charge is -2.24. The van der Waals surface area contributed by atoms with Crippen molar-refractivity contribution in [2.75, 3.05) is 0 Å². The van der Waals surface area contributed by atoms with E-state index >= 15 is 0 Å². The van der Waals surface area contributed by atoms with E-state index in [0.717, 1.165) is 6.07 Å². The zero-order valence-electron chi connectivity index (χ0n) is 7.39. The predicted octanol–water partition coefficient (Wildman–Crippen LogP) is 3.66. The average Bonchev–Trinajstić information content (AvgIpc) is 2.48. The first-order valence-electron chi connectivity index (χ1n) is 3.61. The van der Waals surface area contributed by atoms with Crippen molar-refractivity contribution in [1.29, 1.82) is 0 Å². The maximum Gasteiger partial charge on any atom is 0.455 e. The van der Waals surface area contributed by atoms with E-state index in [-0.39, 0.29) is 17.1 Å². The maximum atomic E-state index is 12.7. The Labute approximate surface area is 102 Å². The molecule has 0 aliphatic heterocycles. The molecule has 94 valence electrons. The number of nitrogens with two attached hydrogens (primary N) is 1. The molecule has 0 aromatic carbocycles. The van der Waals surface area contributed by atoms with Crippen LogP contribution in [0.2, 0.25) is 0 Å². The summed E-state index contributed by atoms with van der Waals surface area (Å²) in [6, 6.07) is -0.417. The molecule has 2 nitrogen and oxygen atoms in total. The van der Waals surface area contributed by atoms with E-state index in [1.807, 2.05) is 0 Å². The van der Waals surface area contributed by atoms with Crippen LogP contribution >= 0.6 is 28.3 Å². The quantitative estimate of drug-likeness (QED) is 0.841. The molecule has 0 aliphatic rings. The summed E-state index contributed by atoms with van der Waals surface area (Å²) in [5.74, 6) is -5.66. The second kappa shape index (κ2) is 4.89. The fourth-order valence-electron chi connectivity index (χ4n) is 0.850. The molecule has 2 N–H and O–H groups in total. The van der Waals surface area contributed by atoms with Crippen LogP contribution in [0.3, 0.4) is 0 Å². The summed E-state index contributed by atoms with van der Waals surface area (Å²) in [6.07, 6.45) is -5.70. The zero-order valence-corrected chi connectivity index (χ0v) is 9.80. The van der Waals surface area contributed by atoms with Crippen molar-refractivity contribution in [3.63, 3.8) is 0 Å². The van der Waals surface area contributed by atoms with E-state index in [1.165, 1.54) is 6.07 Å². The van der Waals surface area contributed by atoms with E-state index < -0.39 is 23.9 Å². The van der Waals surface area contributed by atoms with Gasteiger partial charge in [0.15, 0.2) is 4.67 Å². The lowest BCUT2D eigenvalue weighted by Crippen LogP contribution is -2.45. The summed E-state index contributed by atoms with van der Waals surface area (Å²) in [7, 11) is 0. The zero-order chi connectivity index (χ0) is 11.9. The molecule has 9 heteroatoms. The Bertz CT molecular complexity index is 353. The molecule has 0 amide bonds. The molecule has 0 saturated carbocycles. The van der Waals surface area contributed by atoms with Crippen molar-refractivity contribution in [2.45, 2.75) is 18.1 Å². The molecule has 1 heterocycles. The van der Waals surface area contributed by atoms with Gasteiger partial charge in [0.2, 0.25) is 0 Å². The van der Waals surface area contributed by atoms with Crippen LogP contribution in [0.15, 0.2) is 21.2 Å². The van der Waals surface area contributed by atoms with Gasteiger partial charge in [-0.1, -0.05) is 0 Å². The Kier molecular flexibility index (Phi) is 4.78. The second-order valence-corrected chi connectivity index (χ2v) is 3.52. The van der Waals surface area contributed by atoms with Gasteiger partial charge in [0, 0.05) is 0 Å². The van der Waals surface area contributed by atoms with Crippen LogP contribution in [0.4, 0.5) is 22.0 Å². The summed E-state index contributed by atoms with van der Waals surface area (Å²) in [4.78, 5) is 0. The third kappa shape index (κ3) is 2.86. The van der Waals surface area contributed by atoms with Gasteiger partial charge in [0.1, 0.15) is 11.8 Å². The van der Waals surface area contributed by atoms with Crippen molar-refractivity contribution in [3.05, 3.63) is 22.6 Å². The van der Waals surface area contributed by atoms with Crippen LogP contribution in [0.1, 0.15) is 11.8 Å². The molecule has 0 radical (unpaired) electrons. The van der Waals surface area contributed by atoms with Crippen molar-refractivity contribution in [1.82, 2.24) is 0 Å². The van der Waals surface area contributed by atoms with Gasteiger partial charge in [-0.3, -0.25) is 0 Å². The van der Waals surface area contributed by atoms with Crippen LogP contribution in [-0.2, 0) is 0 Å². The van der Waals surface area contributed by atoms with E-state index in [1.54, 1.807) is 0 Å². The molecule has 0 unspecified atom stereocenters. The molecule has 0 spiro atoms. The lowest BCUT2D eigenvalue weighted by atomic mass is 10.1. The van der Waals surface area contributed by atoms with Gasteiger partial charge in [-0.15, -0.1) is 12.4 Å². The standard InChI is InChI=1S/C7H5BrF5NO.ClH/c8-4-2-1-3(15-4)5(14)6(9,10)7(11,12)13;/h1-2,5H,14H2;1H/t5-;/m1./s1. The fraction of sp³-hybridized carbons (Fsp3) is 0.429. The van der Waals surface area contributed by atoms with Gasteiger partial charge in [0.25, 0.3) is 0 Å². The minimum atomic E-state index is -5.70. The number of furan rings is 1. The Balaban J connectivity index is 0.00000225. The van der Waals surface area contributed by atoms with Crippen molar-refractivity contribution < 1.29 is 26.4 Å². The highest BCUT2D eigenvalue weighted by Crippen LogP contribution is 2.43. The van der Waals surface area contributed by atoms with Gasteiger partial charge in [0.05, 0.1) is 0 Å². The fourth-order valence-corrected chi connectivity index (χ4v) is 1.17. The monoisotopic (exact) mass is 329 g/mol. The topological polar surface area (TPSA) is 39.2 Å². The number of hydrogen-bond acceptors (Lipinski definition) is 2.